The molecule has 1 fully saturated rings. The second-order valence-corrected chi connectivity index (χ2v) is 7.20. The first kappa shape index (κ1) is 18.4. The van der Waals surface area contributed by atoms with Crippen molar-refractivity contribution < 1.29 is 14.4 Å². The zero-order valence-electron chi connectivity index (χ0n) is 15.7. The number of nitrogens with zero attached hydrogens (tertiary/aromatic N) is 2. The van der Waals surface area contributed by atoms with Gasteiger partial charge in [-0.1, -0.05) is 18.6 Å². The maximum absolute atomic E-state index is 12.5. The Morgan fingerprint density at radius 1 is 0.857 bits per heavy atom. The third kappa shape index (κ3) is 3.55. The molecule has 2 aliphatic heterocycles. The van der Waals surface area contributed by atoms with Gasteiger partial charge in [-0.2, -0.15) is 0 Å². The number of rotatable bonds is 5. The van der Waals surface area contributed by atoms with Gasteiger partial charge in [-0.15, -0.1) is 0 Å². The predicted octanol–water partition coefficient (Wildman–Crippen LogP) is 2.70. The van der Waals surface area contributed by atoms with Gasteiger partial charge in [-0.05, 0) is 62.3 Å². The van der Waals surface area contributed by atoms with Crippen LogP contribution in [0.4, 0.5) is 5.69 Å². The van der Waals surface area contributed by atoms with E-state index in [1.165, 1.54) is 19.3 Å². The van der Waals surface area contributed by atoms with Crippen LogP contribution in [-0.4, -0.2) is 48.8 Å². The number of carbonyl (C=O) groups is 3. The van der Waals surface area contributed by atoms with E-state index in [-0.39, 0.29) is 17.7 Å². The summed E-state index contributed by atoms with van der Waals surface area (Å²) in [5, 5.41) is 2.94. The van der Waals surface area contributed by atoms with Gasteiger partial charge in [-0.3, -0.25) is 14.4 Å². The largest absolute Gasteiger partial charge is 0.351 e. The van der Waals surface area contributed by atoms with Crippen LogP contribution < -0.4 is 10.2 Å². The summed E-state index contributed by atoms with van der Waals surface area (Å²) in [7, 11) is 0. The Bertz CT molecular complexity index is 866. The molecular weight excluding hydrogens is 354 g/mol. The molecule has 0 bridgehead atoms. The van der Waals surface area contributed by atoms with Crippen molar-refractivity contribution in [2.45, 2.75) is 19.3 Å². The number of likely N-dealkylation sites (tertiary alicyclic amines) is 1. The molecule has 0 aromatic heterocycles. The highest BCUT2D eigenvalue weighted by molar-refractivity contribution is 6.34. The fourth-order valence-electron chi connectivity index (χ4n) is 3.80. The van der Waals surface area contributed by atoms with Crippen molar-refractivity contribution in [3.05, 3.63) is 65.2 Å². The average Bonchev–Trinajstić information content (AvgIpc) is 2.99. The first-order chi connectivity index (χ1) is 13.6. The van der Waals surface area contributed by atoms with E-state index in [1.807, 2.05) is 0 Å². The van der Waals surface area contributed by atoms with Crippen molar-refractivity contribution >= 4 is 23.4 Å². The number of benzene rings is 2. The summed E-state index contributed by atoms with van der Waals surface area (Å²) in [5.41, 5.74) is 1.80. The maximum atomic E-state index is 12.5. The molecule has 3 amide bonds. The van der Waals surface area contributed by atoms with E-state index in [1.54, 1.807) is 48.5 Å². The molecule has 0 unspecified atom stereocenters. The standard InChI is InChI=1S/C22H23N3O3/c26-20(23-12-15-24-13-4-1-5-14-24)16-8-10-17(11-9-16)25-21(27)18-6-2-3-7-19(18)22(25)28/h2-3,6-11H,1,4-5,12-15H2,(H,23,26). The molecule has 6 heteroatoms. The lowest BCUT2D eigenvalue weighted by Crippen LogP contribution is -2.37. The van der Waals surface area contributed by atoms with Crippen molar-refractivity contribution in [1.29, 1.82) is 0 Å². The van der Waals surface area contributed by atoms with E-state index < -0.39 is 0 Å². The summed E-state index contributed by atoms with van der Waals surface area (Å²) in [6, 6.07) is 13.4. The lowest BCUT2D eigenvalue weighted by Gasteiger charge is -2.26. The van der Waals surface area contributed by atoms with Crippen molar-refractivity contribution in [3.63, 3.8) is 0 Å². The third-order valence-corrected chi connectivity index (χ3v) is 5.34. The van der Waals surface area contributed by atoms with Crippen LogP contribution in [0.15, 0.2) is 48.5 Å². The van der Waals surface area contributed by atoms with E-state index in [0.29, 0.717) is 28.9 Å². The van der Waals surface area contributed by atoms with Crippen molar-refractivity contribution in [2.75, 3.05) is 31.1 Å². The van der Waals surface area contributed by atoms with Crippen LogP contribution in [0.5, 0.6) is 0 Å². The van der Waals surface area contributed by atoms with Gasteiger partial charge >= 0.3 is 0 Å². The number of carbonyl (C=O) groups excluding carboxylic acids is 3. The molecule has 0 spiro atoms. The molecule has 4 rings (SSSR count). The highest BCUT2D eigenvalue weighted by Gasteiger charge is 2.36. The monoisotopic (exact) mass is 377 g/mol. The maximum Gasteiger partial charge on any atom is 0.266 e. The fourth-order valence-corrected chi connectivity index (χ4v) is 3.80. The molecule has 1 saturated heterocycles. The molecule has 0 atom stereocenters. The predicted molar refractivity (Wildman–Crippen MR) is 107 cm³/mol. The first-order valence-electron chi connectivity index (χ1n) is 9.73. The molecule has 144 valence electrons. The Balaban J connectivity index is 1.38. The van der Waals surface area contributed by atoms with Crippen LogP contribution in [0.2, 0.25) is 0 Å². The summed E-state index contributed by atoms with van der Waals surface area (Å²) in [6.45, 7) is 3.67. The SMILES string of the molecule is O=C(NCCN1CCCCC1)c1ccc(N2C(=O)c3ccccc3C2=O)cc1. The average molecular weight is 377 g/mol. The number of anilines is 1. The summed E-state index contributed by atoms with van der Waals surface area (Å²) in [5.74, 6) is -0.815. The lowest BCUT2D eigenvalue weighted by molar-refractivity contribution is 0.0922. The highest BCUT2D eigenvalue weighted by atomic mass is 16.2. The van der Waals surface area contributed by atoms with Crippen LogP contribution in [0.1, 0.15) is 50.3 Å². The quantitative estimate of drug-likeness (QED) is 0.814. The number of hydrogen-bond donors (Lipinski definition) is 1. The Morgan fingerprint density at radius 2 is 1.46 bits per heavy atom. The topological polar surface area (TPSA) is 69.7 Å². The van der Waals surface area contributed by atoms with E-state index >= 15 is 0 Å². The Kier molecular flexibility index (Phi) is 5.21. The smallest absolute Gasteiger partial charge is 0.266 e. The summed E-state index contributed by atoms with van der Waals surface area (Å²) < 4.78 is 0. The van der Waals surface area contributed by atoms with Gasteiger partial charge in [0.1, 0.15) is 0 Å². The molecule has 6 nitrogen and oxygen atoms in total. The van der Waals surface area contributed by atoms with Gasteiger partial charge in [0.2, 0.25) is 0 Å². The second kappa shape index (κ2) is 7.94. The summed E-state index contributed by atoms with van der Waals surface area (Å²) >= 11 is 0. The van der Waals surface area contributed by atoms with Gasteiger partial charge in [0.05, 0.1) is 16.8 Å². The summed E-state index contributed by atoms with van der Waals surface area (Å²) in [6.07, 6.45) is 3.75. The molecule has 0 radical (unpaired) electrons. The van der Waals surface area contributed by atoms with Crippen molar-refractivity contribution in [3.8, 4) is 0 Å². The van der Waals surface area contributed by atoms with Gasteiger partial charge in [-0.25, -0.2) is 4.90 Å². The zero-order chi connectivity index (χ0) is 19.5. The molecular formula is C22H23N3O3. The van der Waals surface area contributed by atoms with Gasteiger partial charge in [0.15, 0.2) is 0 Å². The summed E-state index contributed by atoms with van der Waals surface area (Å²) in [4.78, 5) is 41.0. The molecule has 1 N–H and O–H groups in total. The van der Waals surface area contributed by atoms with Crippen LogP contribution in [-0.2, 0) is 0 Å². The Labute approximate surface area is 164 Å². The molecule has 2 aromatic carbocycles. The number of imide groups is 1. The zero-order valence-corrected chi connectivity index (χ0v) is 15.7. The number of fused-ring (bicyclic) bond motifs is 1. The van der Waals surface area contributed by atoms with E-state index in [4.69, 9.17) is 0 Å². The Morgan fingerprint density at radius 3 is 2.07 bits per heavy atom. The van der Waals surface area contributed by atoms with E-state index in [9.17, 15) is 14.4 Å². The minimum Gasteiger partial charge on any atom is -0.351 e. The number of hydrogen-bond acceptors (Lipinski definition) is 4. The number of amides is 3. The third-order valence-electron chi connectivity index (χ3n) is 5.34. The van der Waals surface area contributed by atoms with E-state index in [0.717, 1.165) is 24.5 Å². The number of piperidine rings is 1. The van der Waals surface area contributed by atoms with Crippen LogP contribution in [0, 0.1) is 0 Å². The van der Waals surface area contributed by atoms with Crippen LogP contribution in [0.3, 0.4) is 0 Å². The minimum absolute atomic E-state index is 0.147. The molecule has 2 aliphatic rings. The highest BCUT2D eigenvalue weighted by Crippen LogP contribution is 2.28. The fraction of sp³-hybridized carbons (Fsp3) is 0.318. The van der Waals surface area contributed by atoms with Gasteiger partial charge in [0.25, 0.3) is 17.7 Å². The van der Waals surface area contributed by atoms with E-state index in [2.05, 4.69) is 10.2 Å². The van der Waals surface area contributed by atoms with Crippen LogP contribution in [0.25, 0.3) is 0 Å². The first-order valence-corrected chi connectivity index (χ1v) is 9.73. The number of nitrogens with one attached hydrogen (secondary N) is 1. The normalized spacial score (nSPS) is 16.9. The molecule has 2 heterocycles. The molecule has 28 heavy (non-hydrogen) atoms. The van der Waals surface area contributed by atoms with Crippen molar-refractivity contribution in [1.82, 2.24) is 10.2 Å². The molecule has 0 aliphatic carbocycles. The lowest BCUT2D eigenvalue weighted by atomic mass is 10.1. The molecule has 2 aromatic rings. The minimum atomic E-state index is -0.334. The molecule has 0 saturated carbocycles. The van der Waals surface area contributed by atoms with Crippen molar-refractivity contribution in [2.24, 2.45) is 0 Å². The van der Waals surface area contributed by atoms with Gasteiger partial charge < -0.3 is 10.2 Å². The van der Waals surface area contributed by atoms with Crippen LogP contribution >= 0.6 is 0 Å². The second-order valence-electron chi connectivity index (χ2n) is 7.20. The van der Waals surface area contributed by atoms with Gasteiger partial charge in [0, 0.05) is 18.7 Å². The Hall–Kier alpha value is -2.99.